The zero-order chi connectivity index (χ0) is 14.0. The van der Waals surface area contributed by atoms with Gasteiger partial charge in [-0.3, -0.25) is 4.79 Å². The Morgan fingerprint density at radius 2 is 2.00 bits per heavy atom. The van der Waals surface area contributed by atoms with Crippen LogP contribution in [0.25, 0.3) is 0 Å². The molecular weight excluding hydrogens is 312 g/mol. The maximum Gasteiger partial charge on any atom is 0.221 e. The second kappa shape index (κ2) is 5.72. The topological polar surface area (TPSA) is 55.1 Å². The van der Waals surface area contributed by atoms with Gasteiger partial charge in [-0.05, 0) is 41.9 Å². The van der Waals surface area contributed by atoms with E-state index in [1.807, 2.05) is 19.9 Å². The summed E-state index contributed by atoms with van der Waals surface area (Å²) in [5.41, 5.74) is 5.30. The zero-order valence-corrected chi connectivity index (χ0v) is 13.7. The highest BCUT2D eigenvalue weighted by Crippen LogP contribution is 2.32. The lowest BCUT2D eigenvalue weighted by Crippen LogP contribution is -2.42. The first-order valence-corrected chi connectivity index (χ1v) is 7.52. The Balaban J connectivity index is 2.55. The van der Waals surface area contributed by atoms with Gasteiger partial charge < -0.3 is 11.1 Å². The van der Waals surface area contributed by atoms with Crippen LogP contribution in [0.5, 0.6) is 0 Å². The Morgan fingerprint density at radius 1 is 1.39 bits per heavy atom. The lowest BCUT2D eigenvalue weighted by atomic mass is 9.91. The van der Waals surface area contributed by atoms with Crippen molar-refractivity contribution in [2.45, 2.75) is 45.1 Å². The molecule has 1 rings (SSSR count). The van der Waals surface area contributed by atoms with E-state index in [4.69, 9.17) is 5.73 Å². The van der Waals surface area contributed by atoms with Gasteiger partial charge in [0.05, 0.1) is 3.79 Å². The van der Waals surface area contributed by atoms with Crippen LogP contribution in [0, 0.1) is 0 Å². The van der Waals surface area contributed by atoms with E-state index in [9.17, 15) is 4.79 Å². The third-order valence-corrected chi connectivity index (χ3v) is 4.57. The van der Waals surface area contributed by atoms with Gasteiger partial charge in [0.25, 0.3) is 0 Å². The van der Waals surface area contributed by atoms with E-state index < -0.39 is 5.54 Å². The largest absolute Gasteiger partial charge is 0.355 e. The second-order valence-electron chi connectivity index (χ2n) is 5.93. The van der Waals surface area contributed by atoms with Crippen LogP contribution in [0.1, 0.15) is 39.0 Å². The van der Waals surface area contributed by atoms with Crippen LogP contribution in [0.3, 0.4) is 0 Å². The summed E-state index contributed by atoms with van der Waals surface area (Å²) in [5.74, 6) is 0.00574. The Hall–Kier alpha value is -0.390. The summed E-state index contributed by atoms with van der Waals surface area (Å²) >= 11 is 5.16. The minimum absolute atomic E-state index is 0.00574. The van der Waals surface area contributed by atoms with Gasteiger partial charge in [0, 0.05) is 28.8 Å². The number of hydrogen-bond donors (Lipinski definition) is 2. The summed E-state index contributed by atoms with van der Waals surface area (Å²) in [7, 11) is 0. The molecule has 0 aliphatic heterocycles. The molecule has 0 aromatic carbocycles. The fourth-order valence-electron chi connectivity index (χ4n) is 1.56. The molecule has 0 radical (unpaired) electrons. The monoisotopic (exact) mass is 332 g/mol. The van der Waals surface area contributed by atoms with Crippen LogP contribution < -0.4 is 11.1 Å². The van der Waals surface area contributed by atoms with Crippen molar-refractivity contribution in [3.8, 4) is 0 Å². The molecule has 1 aromatic rings. The zero-order valence-electron chi connectivity index (χ0n) is 11.3. The molecule has 18 heavy (non-hydrogen) atoms. The Kier molecular flexibility index (Phi) is 4.98. The van der Waals surface area contributed by atoms with Crippen LogP contribution in [0.15, 0.2) is 15.9 Å². The van der Waals surface area contributed by atoms with E-state index in [0.717, 1.165) is 3.79 Å². The Morgan fingerprint density at radius 3 is 2.44 bits per heavy atom. The highest BCUT2D eigenvalue weighted by Gasteiger charge is 2.24. The highest BCUT2D eigenvalue weighted by atomic mass is 79.9. The highest BCUT2D eigenvalue weighted by molar-refractivity contribution is 9.11. The number of halogens is 1. The minimum atomic E-state index is -0.458. The molecule has 0 atom stereocenters. The number of nitrogens with two attached hydrogens (primary N) is 1. The third kappa shape index (κ3) is 5.08. The Labute approximate surface area is 121 Å². The summed E-state index contributed by atoms with van der Waals surface area (Å²) < 4.78 is 1.11. The standard InChI is InChI=1S/C13H21BrN2OS/c1-12(2,9-5-6-10(14)18-9)8-16-11(17)7-13(3,4)15/h5-6H,7-8,15H2,1-4H3,(H,16,17). The van der Waals surface area contributed by atoms with E-state index >= 15 is 0 Å². The van der Waals surface area contributed by atoms with Gasteiger partial charge in [-0.2, -0.15) is 0 Å². The van der Waals surface area contributed by atoms with Crippen molar-refractivity contribution in [3.63, 3.8) is 0 Å². The number of thiophene rings is 1. The lowest BCUT2D eigenvalue weighted by Gasteiger charge is -2.25. The molecule has 0 bridgehead atoms. The summed E-state index contributed by atoms with van der Waals surface area (Å²) in [6, 6.07) is 4.13. The van der Waals surface area contributed by atoms with Crippen LogP contribution >= 0.6 is 27.3 Å². The normalized spacial score (nSPS) is 12.6. The SMILES string of the molecule is CC(C)(N)CC(=O)NCC(C)(C)c1ccc(Br)s1. The van der Waals surface area contributed by atoms with Crippen LogP contribution in [0.2, 0.25) is 0 Å². The van der Waals surface area contributed by atoms with Crippen molar-refractivity contribution >= 4 is 33.2 Å². The molecule has 0 unspecified atom stereocenters. The van der Waals surface area contributed by atoms with Gasteiger partial charge in [-0.25, -0.2) is 0 Å². The molecule has 0 aliphatic carbocycles. The molecule has 1 heterocycles. The van der Waals surface area contributed by atoms with Crippen molar-refractivity contribution in [2.24, 2.45) is 5.73 Å². The van der Waals surface area contributed by atoms with Gasteiger partial charge in [-0.15, -0.1) is 11.3 Å². The fourth-order valence-corrected chi connectivity index (χ4v) is 3.05. The van der Waals surface area contributed by atoms with E-state index in [-0.39, 0.29) is 11.3 Å². The predicted molar refractivity (Wildman–Crippen MR) is 80.9 cm³/mol. The Bertz CT molecular complexity index is 421. The summed E-state index contributed by atoms with van der Waals surface area (Å²) in [5, 5.41) is 2.96. The summed E-state index contributed by atoms with van der Waals surface area (Å²) in [6.45, 7) is 8.58. The molecular formula is C13H21BrN2OS. The number of carbonyl (C=O) groups excluding carboxylic acids is 1. The number of carbonyl (C=O) groups is 1. The first-order valence-electron chi connectivity index (χ1n) is 5.91. The molecule has 0 fully saturated rings. The number of nitrogens with one attached hydrogen (secondary N) is 1. The van der Waals surface area contributed by atoms with Crippen LogP contribution in [0.4, 0.5) is 0 Å². The van der Waals surface area contributed by atoms with E-state index in [1.54, 1.807) is 11.3 Å². The minimum Gasteiger partial charge on any atom is -0.355 e. The second-order valence-corrected chi connectivity index (χ2v) is 8.39. The van der Waals surface area contributed by atoms with E-state index in [1.165, 1.54) is 4.88 Å². The van der Waals surface area contributed by atoms with Gasteiger partial charge in [0.1, 0.15) is 0 Å². The van der Waals surface area contributed by atoms with Crippen LogP contribution in [-0.4, -0.2) is 18.0 Å². The van der Waals surface area contributed by atoms with E-state index in [0.29, 0.717) is 13.0 Å². The molecule has 3 nitrogen and oxygen atoms in total. The quantitative estimate of drug-likeness (QED) is 0.870. The van der Waals surface area contributed by atoms with Gasteiger partial charge in [-0.1, -0.05) is 13.8 Å². The average molecular weight is 333 g/mol. The molecule has 0 aliphatic rings. The lowest BCUT2D eigenvalue weighted by molar-refractivity contribution is -0.122. The molecule has 5 heteroatoms. The van der Waals surface area contributed by atoms with Gasteiger partial charge in [0.15, 0.2) is 0 Å². The van der Waals surface area contributed by atoms with Gasteiger partial charge >= 0.3 is 0 Å². The van der Waals surface area contributed by atoms with Crippen molar-refractivity contribution in [3.05, 3.63) is 20.8 Å². The first-order chi connectivity index (χ1) is 8.10. The number of rotatable bonds is 5. The summed E-state index contributed by atoms with van der Waals surface area (Å²) in [4.78, 5) is 13.0. The molecule has 1 aromatic heterocycles. The average Bonchev–Trinajstić information content (AvgIpc) is 2.60. The third-order valence-electron chi connectivity index (χ3n) is 2.58. The fraction of sp³-hybridized carbons (Fsp3) is 0.615. The molecule has 0 spiro atoms. The van der Waals surface area contributed by atoms with Crippen LogP contribution in [-0.2, 0) is 10.2 Å². The molecule has 3 N–H and O–H groups in total. The van der Waals surface area contributed by atoms with Crippen molar-refractivity contribution < 1.29 is 4.79 Å². The van der Waals surface area contributed by atoms with Crippen molar-refractivity contribution in [1.29, 1.82) is 0 Å². The van der Waals surface area contributed by atoms with Crippen molar-refractivity contribution in [1.82, 2.24) is 5.32 Å². The number of amides is 1. The maximum absolute atomic E-state index is 11.7. The summed E-state index contributed by atoms with van der Waals surface area (Å²) in [6.07, 6.45) is 0.344. The molecule has 0 saturated heterocycles. The predicted octanol–water partition coefficient (Wildman–Crippen LogP) is 3.03. The molecule has 1 amide bonds. The van der Waals surface area contributed by atoms with Gasteiger partial charge in [0.2, 0.25) is 5.91 Å². The maximum atomic E-state index is 11.7. The first kappa shape index (κ1) is 15.7. The smallest absolute Gasteiger partial charge is 0.221 e. The van der Waals surface area contributed by atoms with Crippen molar-refractivity contribution in [2.75, 3.05) is 6.54 Å². The molecule has 0 saturated carbocycles. The molecule has 102 valence electrons. The number of hydrogen-bond acceptors (Lipinski definition) is 3. The van der Waals surface area contributed by atoms with E-state index in [2.05, 4.69) is 41.2 Å².